The minimum atomic E-state index is -4.48. The first kappa shape index (κ1) is 18.7. The van der Waals surface area contributed by atoms with Gasteiger partial charge in [-0.05, 0) is 24.8 Å². The lowest BCUT2D eigenvalue weighted by Crippen LogP contribution is -2.30. The number of aliphatic hydroxyl groups excluding tert-OH is 1. The Kier molecular flexibility index (Phi) is 5.84. The summed E-state index contributed by atoms with van der Waals surface area (Å²) >= 11 is 0. The fraction of sp³-hybridized carbons (Fsp3) is 0.688. The van der Waals surface area contributed by atoms with E-state index >= 15 is 0 Å². The van der Waals surface area contributed by atoms with Gasteiger partial charge in [-0.1, -0.05) is 27.7 Å². The van der Waals surface area contributed by atoms with Gasteiger partial charge in [0.25, 0.3) is 5.56 Å². The Balaban J connectivity index is 0.00000116. The van der Waals surface area contributed by atoms with Crippen LogP contribution in [-0.2, 0) is 12.7 Å². The Morgan fingerprint density at radius 2 is 1.86 bits per heavy atom. The predicted octanol–water partition coefficient (Wildman–Crippen LogP) is 3.79. The van der Waals surface area contributed by atoms with Crippen LogP contribution in [0.1, 0.15) is 57.6 Å². The van der Waals surface area contributed by atoms with E-state index in [-0.39, 0.29) is 24.6 Å². The van der Waals surface area contributed by atoms with Crippen molar-refractivity contribution in [2.24, 2.45) is 5.41 Å². The second kappa shape index (κ2) is 6.86. The summed E-state index contributed by atoms with van der Waals surface area (Å²) in [6, 6.07) is 0.933. The number of pyridine rings is 1. The first-order chi connectivity index (χ1) is 10.2. The topological polar surface area (TPSA) is 42.2 Å². The lowest BCUT2D eigenvalue weighted by Gasteiger charge is -2.18. The van der Waals surface area contributed by atoms with Gasteiger partial charge in [0.2, 0.25) is 0 Å². The van der Waals surface area contributed by atoms with Gasteiger partial charge >= 0.3 is 6.18 Å². The molecule has 3 nitrogen and oxygen atoms in total. The molecule has 1 aliphatic carbocycles. The zero-order chi connectivity index (χ0) is 17.1. The molecule has 2 rings (SSSR count). The zero-order valence-electron chi connectivity index (χ0n) is 13.5. The molecule has 0 radical (unpaired) electrons. The molecule has 6 heteroatoms. The molecule has 22 heavy (non-hydrogen) atoms. The molecule has 1 aliphatic rings. The van der Waals surface area contributed by atoms with Crippen molar-refractivity contribution in [1.82, 2.24) is 4.57 Å². The molecule has 1 N–H and O–H groups in total. The summed E-state index contributed by atoms with van der Waals surface area (Å²) < 4.78 is 39.8. The molecular weight excluding hydrogens is 295 g/mol. The van der Waals surface area contributed by atoms with Crippen molar-refractivity contribution in [2.45, 2.75) is 59.2 Å². The largest absolute Gasteiger partial charge is 0.417 e. The number of aliphatic hydroxyl groups is 1. The monoisotopic (exact) mass is 319 g/mol. The number of halogens is 3. The van der Waals surface area contributed by atoms with Crippen molar-refractivity contribution in [3.63, 3.8) is 0 Å². The van der Waals surface area contributed by atoms with Crippen LogP contribution < -0.4 is 5.56 Å². The SMILES string of the molecule is CC.CC(C)c1cc(C(F)(F)F)cn(CC2(CO)CC2)c1=O. The highest BCUT2D eigenvalue weighted by molar-refractivity contribution is 5.24. The van der Waals surface area contributed by atoms with E-state index < -0.39 is 22.7 Å². The number of alkyl halides is 3. The summed E-state index contributed by atoms with van der Waals surface area (Å²) in [5.41, 5.74) is -1.46. The van der Waals surface area contributed by atoms with Crippen molar-refractivity contribution in [3.05, 3.63) is 33.7 Å². The van der Waals surface area contributed by atoms with Gasteiger partial charge < -0.3 is 9.67 Å². The number of rotatable bonds is 4. The van der Waals surface area contributed by atoms with Crippen LogP contribution in [0.4, 0.5) is 13.2 Å². The summed E-state index contributed by atoms with van der Waals surface area (Å²) in [6.45, 7) is 7.43. The molecule has 0 aliphatic heterocycles. The Morgan fingerprint density at radius 1 is 1.32 bits per heavy atom. The molecule has 0 bridgehead atoms. The van der Waals surface area contributed by atoms with Crippen LogP contribution in [-0.4, -0.2) is 16.3 Å². The fourth-order valence-electron chi connectivity index (χ4n) is 2.25. The van der Waals surface area contributed by atoms with E-state index in [0.717, 1.165) is 29.7 Å². The van der Waals surface area contributed by atoms with Gasteiger partial charge in [-0.2, -0.15) is 13.2 Å². The highest BCUT2D eigenvalue weighted by atomic mass is 19.4. The van der Waals surface area contributed by atoms with Crippen molar-refractivity contribution in [1.29, 1.82) is 0 Å². The molecule has 0 aromatic carbocycles. The second-order valence-electron chi connectivity index (χ2n) is 5.93. The van der Waals surface area contributed by atoms with Crippen LogP contribution in [0.15, 0.2) is 17.1 Å². The normalized spacial score (nSPS) is 16.2. The van der Waals surface area contributed by atoms with E-state index in [9.17, 15) is 23.1 Å². The third kappa shape index (κ3) is 4.12. The quantitative estimate of drug-likeness (QED) is 0.917. The molecule has 1 aromatic heterocycles. The van der Waals surface area contributed by atoms with Crippen LogP contribution in [0.3, 0.4) is 0 Å². The Labute approximate surface area is 128 Å². The molecular formula is C16H24F3NO2. The van der Waals surface area contributed by atoms with Gasteiger partial charge in [0.05, 0.1) is 12.2 Å². The van der Waals surface area contributed by atoms with Crippen molar-refractivity contribution in [2.75, 3.05) is 6.61 Å². The second-order valence-corrected chi connectivity index (χ2v) is 5.93. The Bertz CT molecular complexity index is 557. The summed E-state index contributed by atoms with van der Waals surface area (Å²) in [5, 5.41) is 9.28. The summed E-state index contributed by atoms with van der Waals surface area (Å²) in [6.07, 6.45) is -2.13. The maximum atomic E-state index is 12.9. The highest BCUT2D eigenvalue weighted by Gasteiger charge is 2.43. The molecule has 0 spiro atoms. The number of hydrogen-bond acceptors (Lipinski definition) is 2. The van der Waals surface area contributed by atoms with Gasteiger partial charge in [-0.25, -0.2) is 0 Å². The number of aromatic nitrogens is 1. The van der Waals surface area contributed by atoms with E-state index in [2.05, 4.69) is 0 Å². The third-order valence-electron chi connectivity index (χ3n) is 3.86. The van der Waals surface area contributed by atoms with Crippen LogP contribution in [0.25, 0.3) is 0 Å². The lowest BCUT2D eigenvalue weighted by molar-refractivity contribution is -0.138. The molecule has 1 heterocycles. The summed E-state index contributed by atoms with van der Waals surface area (Å²) in [7, 11) is 0. The van der Waals surface area contributed by atoms with E-state index in [1.165, 1.54) is 0 Å². The summed E-state index contributed by atoms with van der Waals surface area (Å²) in [5.74, 6) is -0.277. The average molecular weight is 319 g/mol. The van der Waals surface area contributed by atoms with E-state index in [4.69, 9.17) is 0 Å². The van der Waals surface area contributed by atoms with Crippen LogP contribution in [0.5, 0.6) is 0 Å². The van der Waals surface area contributed by atoms with Crippen LogP contribution in [0.2, 0.25) is 0 Å². The van der Waals surface area contributed by atoms with Crippen molar-refractivity contribution >= 4 is 0 Å². The standard InChI is InChI=1S/C14H18F3NO2.C2H6/c1-9(2)11-5-10(14(15,16)17)6-18(12(11)20)7-13(8-19)3-4-13;1-2/h5-6,9,19H,3-4,7-8H2,1-2H3;1-2H3. The first-order valence-electron chi connectivity index (χ1n) is 7.61. The Morgan fingerprint density at radius 3 is 2.23 bits per heavy atom. The highest BCUT2D eigenvalue weighted by Crippen LogP contribution is 2.46. The number of hydrogen-bond donors (Lipinski definition) is 1. The molecule has 0 saturated heterocycles. The third-order valence-corrected chi connectivity index (χ3v) is 3.86. The Hall–Kier alpha value is -1.30. The van der Waals surface area contributed by atoms with E-state index in [0.29, 0.717) is 0 Å². The minimum absolute atomic E-state index is 0.104. The first-order valence-corrected chi connectivity index (χ1v) is 7.61. The van der Waals surface area contributed by atoms with E-state index in [1.54, 1.807) is 13.8 Å². The van der Waals surface area contributed by atoms with Gasteiger partial charge in [0.15, 0.2) is 0 Å². The molecule has 1 fully saturated rings. The van der Waals surface area contributed by atoms with Crippen molar-refractivity contribution in [3.8, 4) is 0 Å². The molecule has 1 aromatic rings. The number of nitrogens with zero attached hydrogens (tertiary/aromatic N) is 1. The van der Waals surface area contributed by atoms with Crippen LogP contribution >= 0.6 is 0 Å². The van der Waals surface area contributed by atoms with Crippen molar-refractivity contribution < 1.29 is 18.3 Å². The smallest absolute Gasteiger partial charge is 0.396 e. The fourth-order valence-corrected chi connectivity index (χ4v) is 2.25. The van der Waals surface area contributed by atoms with Crippen LogP contribution in [0, 0.1) is 5.41 Å². The predicted molar refractivity (Wildman–Crippen MR) is 79.9 cm³/mol. The summed E-state index contributed by atoms with van der Waals surface area (Å²) in [4.78, 5) is 12.2. The van der Waals surface area contributed by atoms with E-state index in [1.807, 2.05) is 13.8 Å². The van der Waals surface area contributed by atoms with Gasteiger partial charge in [0.1, 0.15) is 0 Å². The molecule has 0 amide bonds. The van der Waals surface area contributed by atoms with Gasteiger partial charge in [0, 0.05) is 23.7 Å². The lowest BCUT2D eigenvalue weighted by atomic mass is 10.0. The molecule has 1 saturated carbocycles. The van der Waals surface area contributed by atoms with Gasteiger partial charge in [-0.15, -0.1) is 0 Å². The molecule has 0 unspecified atom stereocenters. The average Bonchev–Trinajstić information content (AvgIpc) is 3.22. The molecule has 0 atom stereocenters. The zero-order valence-corrected chi connectivity index (χ0v) is 13.5. The molecule has 126 valence electrons. The maximum Gasteiger partial charge on any atom is 0.417 e. The minimum Gasteiger partial charge on any atom is -0.396 e. The maximum absolute atomic E-state index is 12.9. The van der Waals surface area contributed by atoms with Gasteiger partial charge in [-0.3, -0.25) is 4.79 Å².